The second-order valence-electron chi connectivity index (χ2n) is 6.57. The number of hydroxylamine groups is 1. The van der Waals surface area contributed by atoms with Crippen LogP contribution in [0.15, 0.2) is 30.3 Å². The molecule has 26 heavy (non-hydrogen) atoms. The second kappa shape index (κ2) is 10.5. The zero-order chi connectivity index (χ0) is 19.7. The van der Waals surface area contributed by atoms with E-state index in [2.05, 4.69) is 10.2 Å². The fourth-order valence-corrected chi connectivity index (χ4v) is 2.33. The van der Waals surface area contributed by atoms with E-state index in [0.29, 0.717) is 6.42 Å². The quantitative estimate of drug-likeness (QED) is 0.481. The first-order chi connectivity index (χ1) is 12.2. The zero-order valence-corrected chi connectivity index (χ0v) is 15.3. The monoisotopic (exact) mass is 365 g/mol. The van der Waals surface area contributed by atoms with Crippen LogP contribution in [0.1, 0.15) is 32.8 Å². The number of rotatable bonds is 8. The third kappa shape index (κ3) is 7.62. The van der Waals surface area contributed by atoms with Gasteiger partial charge in [0.2, 0.25) is 5.91 Å². The molecule has 0 spiro atoms. The van der Waals surface area contributed by atoms with Crippen molar-refractivity contribution in [3.05, 3.63) is 35.9 Å². The van der Waals surface area contributed by atoms with E-state index in [9.17, 15) is 19.5 Å². The van der Waals surface area contributed by atoms with Crippen LogP contribution >= 0.6 is 0 Å². The maximum atomic E-state index is 12.3. The van der Waals surface area contributed by atoms with Crippen LogP contribution in [-0.2, 0) is 25.6 Å². The highest BCUT2D eigenvalue weighted by Gasteiger charge is 2.29. The topological polar surface area (TPSA) is 131 Å². The Balaban J connectivity index is 2.68. The average Bonchev–Trinajstić information content (AvgIpc) is 2.58. The van der Waals surface area contributed by atoms with E-state index in [1.807, 2.05) is 49.7 Å². The Morgan fingerprint density at radius 3 is 2.35 bits per heavy atom. The Morgan fingerprint density at radius 1 is 1.19 bits per heavy atom. The summed E-state index contributed by atoms with van der Waals surface area (Å²) in [5.41, 5.74) is 8.73. The van der Waals surface area contributed by atoms with Crippen molar-refractivity contribution >= 4 is 17.8 Å². The lowest BCUT2D eigenvalue weighted by molar-refractivity contribution is -0.161. The van der Waals surface area contributed by atoms with Crippen LogP contribution in [0, 0.1) is 5.92 Å². The van der Waals surface area contributed by atoms with Crippen LogP contribution < -0.4 is 16.5 Å². The minimum atomic E-state index is -1.49. The molecule has 1 rings (SSSR count). The van der Waals surface area contributed by atoms with E-state index < -0.39 is 36.0 Å². The van der Waals surface area contributed by atoms with Crippen LogP contribution in [0.5, 0.6) is 0 Å². The number of hydrogen-bond acceptors (Lipinski definition) is 6. The summed E-state index contributed by atoms with van der Waals surface area (Å²) in [6, 6.07) is 7.39. The minimum Gasteiger partial charge on any atom is -0.382 e. The molecule has 1 aromatic carbocycles. The predicted octanol–water partition coefficient (Wildman–Crippen LogP) is 0.0425. The van der Waals surface area contributed by atoms with Gasteiger partial charge in [0.05, 0.1) is 0 Å². The molecule has 0 fully saturated rings. The highest BCUT2D eigenvalue weighted by Crippen LogP contribution is 2.09. The summed E-state index contributed by atoms with van der Waals surface area (Å²) in [6.45, 7) is 4.92. The van der Waals surface area contributed by atoms with Crippen LogP contribution in [0.4, 0.5) is 0 Å². The van der Waals surface area contributed by atoms with Crippen LogP contribution in [-0.4, -0.2) is 41.1 Å². The molecule has 0 aliphatic rings. The van der Waals surface area contributed by atoms with Gasteiger partial charge in [-0.3, -0.25) is 9.59 Å². The molecular formula is C18H27N3O5. The minimum absolute atomic E-state index is 0.0697. The molecular weight excluding hydrogens is 338 g/mol. The Hall–Kier alpha value is -2.45. The van der Waals surface area contributed by atoms with Gasteiger partial charge in [0, 0.05) is 13.0 Å². The standard InChI is InChI=1S/C18H27N3O5/c1-11(2)9-15(18(25)26-21-12(3)22)20-17(24)16(23)14(19)10-13-7-5-4-6-8-13/h4-8,11,14-16,23H,9-10,19H2,1-3H3,(H,20,24)(H,21,22)/t14-,15+,16+/m1/s1. The molecule has 0 unspecified atom stereocenters. The van der Waals surface area contributed by atoms with Crippen LogP contribution in [0.2, 0.25) is 0 Å². The lowest BCUT2D eigenvalue weighted by Gasteiger charge is -2.23. The third-order valence-corrected chi connectivity index (χ3v) is 3.59. The zero-order valence-electron chi connectivity index (χ0n) is 15.3. The lowest BCUT2D eigenvalue weighted by Crippen LogP contribution is -2.53. The molecule has 0 saturated heterocycles. The van der Waals surface area contributed by atoms with Gasteiger partial charge < -0.3 is 21.0 Å². The molecule has 0 radical (unpaired) electrons. The first kappa shape index (κ1) is 21.6. The molecule has 1 aromatic rings. The Labute approximate surface area is 153 Å². The molecule has 0 aromatic heterocycles. The van der Waals surface area contributed by atoms with Gasteiger partial charge in [0.25, 0.3) is 5.91 Å². The van der Waals surface area contributed by atoms with Gasteiger partial charge in [-0.1, -0.05) is 44.2 Å². The number of benzene rings is 1. The summed E-state index contributed by atoms with van der Waals surface area (Å²) in [7, 11) is 0. The summed E-state index contributed by atoms with van der Waals surface area (Å²) >= 11 is 0. The normalized spacial score (nSPS) is 14.2. The van der Waals surface area contributed by atoms with Gasteiger partial charge in [0.15, 0.2) is 0 Å². The van der Waals surface area contributed by atoms with Crippen molar-refractivity contribution in [3.8, 4) is 0 Å². The summed E-state index contributed by atoms with van der Waals surface area (Å²) in [5.74, 6) is -2.05. The Kier molecular flexibility index (Phi) is 8.74. The average molecular weight is 365 g/mol. The van der Waals surface area contributed by atoms with Gasteiger partial charge >= 0.3 is 5.97 Å². The van der Waals surface area contributed by atoms with E-state index in [-0.39, 0.29) is 12.3 Å². The SMILES string of the molecule is CC(=O)NOC(=O)[C@H](CC(C)C)NC(=O)[C@@H](O)[C@H](N)Cc1ccccc1. The highest BCUT2D eigenvalue weighted by molar-refractivity contribution is 5.87. The van der Waals surface area contributed by atoms with Crippen molar-refractivity contribution < 1.29 is 24.3 Å². The predicted molar refractivity (Wildman–Crippen MR) is 95.4 cm³/mol. The fraction of sp³-hybridized carbons (Fsp3) is 0.500. The summed E-state index contributed by atoms with van der Waals surface area (Å²) in [6.07, 6.45) is -0.899. The number of aliphatic hydroxyl groups is 1. The van der Waals surface area contributed by atoms with Gasteiger partial charge in [-0.2, -0.15) is 5.48 Å². The number of carbonyl (C=O) groups is 3. The van der Waals surface area contributed by atoms with Gasteiger partial charge in [-0.05, 0) is 24.3 Å². The molecule has 0 heterocycles. The lowest BCUT2D eigenvalue weighted by atomic mass is 10.00. The van der Waals surface area contributed by atoms with E-state index in [1.165, 1.54) is 6.92 Å². The number of nitrogens with one attached hydrogen (secondary N) is 2. The van der Waals surface area contributed by atoms with Gasteiger partial charge in [-0.15, -0.1) is 0 Å². The number of aliphatic hydroxyl groups excluding tert-OH is 1. The molecule has 8 nitrogen and oxygen atoms in total. The number of hydrogen-bond donors (Lipinski definition) is 4. The molecule has 2 amide bonds. The summed E-state index contributed by atoms with van der Waals surface area (Å²) < 4.78 is 0. The van der Waals surface area contributed by atoms with Crippen molar-refractivity contribution in [2.24, 2.45) is 11.7 Å². The maximum absolute atomic E-state index is 12.3. The maximum Gasteiger partial charge on any atom is 0.354 e. The van der Waals surface area contributed by atoms with Crippen molar-refractivity contribution in [1.29, 1.82) is 0 Å². The number of amides is 2. The smallest absolute Gasteiger partial charge is 0.354 e. The molecule has 0 aliphatic carbocycles. The molecule has 144 valence electrons. The second-order valence-corrected chi connectivity index (χ2v) is 6.57. The highest BCUT2D eigenvalue weighted by atomic mass is 16.7. The van der Waals surface area contributed by atoms with E-state index >= 15 is 0 Å². The molecule has 0 saturated carbocycles. The third-order valence-electron chi connectivity index (χ3n) is 3.59. The molecule has 3 atom stereocenters. The molecule has 0 aliphatic heterocycles. The fourth-order valence-electron chi connectivity index (χ4n) is 2.33. The first-order valence-corrected chi connectivity index (χ1v) is 8.46. The van der Waals surface area contributed by atoms with Crippen molar-refractivity contribution in [1.82, 2.24) is 10.8 Å². The van der Waals surface area contributed by atoms with Gasteiger partial charge in [0.1, 0.15) is 12.1 Å². The van der Waals surface area contributed by atoms with Crippen LogP contribution in [0.25, 0.3) is 0 Å². The van der Waals surface area contributed by atoms with Crippen molar-refractivity contribution in [2.45, 2.75) is 51.8 Å². The van der Waals surface area contributed by atoms with Gasteiger partial charge in [-0.25, -0.2) is 4.79 Å². The first-order valence-electron chi connectivity index (χ1n) is 8.46. The Morgan fingerprint density at radius 2 is 1.81 bits per heavy atom. The Bertz CT molecular complexity index is 606. The van der Waals surface area contributed by atoms with Crippen LogP contribution in [0.3, 0.4) is 0 Å². The van der Waals surface area contributed by atoms with E-state index in [1.54, 1.807) is 0 Å². The molecule has 0 bridgehead atoms. The summed E-state index contributed by atoms with van der Waals surface area (Å²) in [5, 5.41) is 12.6. The molecule has 5 N–H and O–H groups in total. The largest absolute Gasteiger partial charge is 0.382 e. The van der Waals surface area contributed by atoms with Crippen molar-refractivity contribution in [2.75, 3.05) is 0 Å². The number of nitrogens with two attached hydrogens (primary N) is 1. The number of carbonyl (C=O) groups excluding carboxylic acids is 3. The molecule has 8 heteroatoms. The van der Waals surface area contributed by atoms with E-state index in [4.69, 9.17) is 5.73 Å². The summed E-state index contributed by atoms with van der Waals surface area (Å²) in [4.78, 5) is 39.8. The van der Waals surface area contributed by atoms with E-state index in [0.717, 1.165) is 5.56 Å². The van der Waals surface area contributed by atoms with Crippen molar-refractivity contribution in [3.63, 3.8) is 0 Å².